The van der Waals surface area contributed by atoms with Crippen LogP contribution in [0.15, 0.2) is 28.2 Å². The molecule has 0 aromatic carbocycles. The number of furan rings is 1. The molecular weight excluding hydrogens is 303 g/mol. The first-order valence-electron chi connectivity index (χ1n) is 6.04. The zero-order chi connectivity index (χ0) is 15.0. The molecule has 0 aliphatic rings. The van der Waals surface area contributed by atoms with E-state index in [0.29, 0.717) is 21.5 Å². The van der Waals surface area contributed by atoms with Crippen molar-refractivity contribution >= 4 is 27.4 Å². The molecule has 0 bridgehead atoms. The van der Waals surface area contributed by atoms with E-state index >= 15 is 0 Å². The Morgan fingerprint density at radius 2 is 2.14 bits per heavy atom. The van der Waals surface area contributed by atoms with Crippen molar-refractivity contribution in [2.45, 2.75) is 19.6 Å². The highest BCUT2D eigenvalue weighted by Crippen LogP contribution is 2.34. The van der Waals surface area contributed by atoms with Crippen LogP contribution in [-0.4, -0.2) is 9.97 Å². The molecule has 0 aliphatic carbocycles. The van der Waals surface area contributed by atoms with Crippen LogP contribution in [0, 0.1) is 6.92 Å². The number of aromatic nitrogens is 2. The Bertz CT molecular complexity index is 765. The molecule has 3 aromatic heterocycles. The van der Waals surface area contributed by atoms with Gasteiger partial charge in [0.1, 0.15) is 11.6 Å². The molecule has 0 aliphatic heterocycles. The van der Waals surface area contributed by atoms with Crippen LogP contribution in [0.2, 0.25) is 0 Å². The second-order valence-corrected chi connectivity index (χ2v) is 5.30. The predicted octanol–water partition coefficient (Wildman–Crippen LogP) is 4.22. The van der Waals surface area contributed by atoms with Crippen LogP contribution in [0.3, 0.4) is 0 Å². The number of anilines is 1. The van der Waals surface area contributed by atoms with Crippen LogP contribution in [0.25, 0.3) is 10.2 Å². The lowest BCUT2D eigenvalue weighted by molar-refractivity contribution is -0.144. The lowest BCUT2D eigenvalue weighted by Crippen LogP contribution is -2.13. The van der Waals surface area contributed by atoms with Crippen molar-refractivity contribution in [2.24, 2.45) is 0 Å². The van der Waals surface area contributed by atoms with Crippen LogP contribution < -0.4 is 5.32 Å². The van der Waals surface area contributed by atoms with Gasteiger partial charge in [0.25, 0.3) is 0 Å². The van der Waals surface area contributed by atoms with Crippen LogP contribution in [0.1, 0.15) is 17.1 Å². The minimum atomic E-state index is -4.58. The number of hydrogen-bond acceptors (Lipinski definition) is 5. The SMILES string of the molecule is Cc1csc2c(NCc3ccco3)nc(C(F)(F)F)nc12. The molecule has 0 atom stereocenters. The summed E-state index contributed by atoms with van der Waals surface area (Å²) in [5.41, 5.74) is 1.02. The lowest BCUT2D eigenvalue weighted by Gasteiger charge is -2.09. The summed E-state index contributed by atoms with van der Waals surface area (Å²) in [6, 6.07) is 3.44. The summed E-state index contributed by atoms with van der Waals surface area (Å²) in [4.78, 5) is 7.23. The quantitative estimate of drug-likeness (QED) is 0.786. The molecule has 3 heterocycles. The van der Waals surface area contributed by atoms with Crippen molar-refractivity contribution in [2.75, 3.05) is 5.32 Å². The highest BCUT2D eigenvalue weighted by atomic mass is 32.1. The van der Waals surface area contributed by atoms with Gasteiger partial charge >= 0.3 is 6.18 Å². The van der Waals surface area contributed by atoms with E-state index in [0.717, 1.165) is 0 Å². The fourth-order valence-corrected chi connectivity index (χ4v) is 2.82. The summed E-state index contributed by atoms with van der Waals surface area (Å²) in [7, 11) is 0. The maximum absolute atomic E-state index is 12.9. The van der Waals surface area contributed by atoms with Crippen LogP contribution in [0.5, 0.6) is 0 Å². The fraction of sp³-hybridized carbons (Fsp3) is 0.231. The number of halogens is 3. The maximum atomic E-state index is 12.9. The van der Waals surface area contributed by atoms with E-state index in [-0.39, 0.29) is 12.4 Å². The Morgan fingerprint density at radius 1 is 1.33 bits per heavy atom. The summed E-state index contributed by atoms with van der Waals surface area (Å²) >= 11 is 1.31. The highest BCUT2D eigenvalue weighted by molar-refractivity contribution is 7.18. The molecule has 1 N–H and O–H groups in total. The Hall–Kier alpha value is -2.09. The Morgan fingerprint density at radius 3 is 2.81 bits per heavy atom. The van der Waals surface area contributed by atoms with Gasteiger partial charge in [0, 0.05) is 0 Å². The van der Waals surface area contributed by atoms with Gasteiger partial charge in [-0.3, -0.25) is 0 Å². The van der Waals surface area contributed by atoms with Crippen molar-refractivity contribution in [1.82, 2.24) is 9.97 Å². The third kappa shape index (κ3) is 2.71. The largest absolute Gasteiger partial charge is 0.467 e. The highest BCUT2D eigenvalue weighted by Gasteiger charge is 2.36. The summed E-state index contributed by atoms with van der Waals surface area (Å²) in [6.45, 7) is 1.98. The van der Waals surface area contributed by atoms with Crippen molar-refractivity contribution < 1.29 is 17.6 Å². The standard InChI is InChI=1S/C13H10F3N3OS/c1-7-6-21-10-9(7)18-12(13(14,15)16)19-11(10)17-5-8-3-2-4-20-8/h2-4,6H,5H2,1H3,(H,17,18,19). The smallest absolute Gasteiger partial charge is 0.451 e. The molecule has 8 heteroatoms. The van der Waals surface area contributed by atoms with Gasteiger partial charge in [-0.1, -0.05) is 0 Å². The molecular formula is C13H10F3N3OS. The average Bonchev–Trinajstić information content (AvgIpc) is 3.05. The zero-order valence-corrected chi connectivity index (χ0v) is 11.7. The molecule has 0 fully saturated rings. The van der Waals surface area contributed by atoms with Gasteiger partial charge < -0.3 is 9.73 Å². The molecule has 3 rings (SSSR count). The number of thiophene rings is 1. The van der Waals surface area contributed by atoms with E-state index in [4.69, 9.17) is 4.42 Å². The van der Waals surface area contributed by atoms with Crippen LogP contribution in [0.4, 0.5) is 19.0 Å². The summed E-state index contributed by atoms with van der Waals surface area (Å²) < 4.78 is 44.4. The van der Waals surface area contributed by atoms with Gasteiger partial charge in [0.15, 0.2) is 0 Å². The molecule has 110 valence electrons. The van der Waals surface area contributed by atoms with Gasteiger partial charge in [-0.05, 0) is 30.0 Å². The normalized spacial score (nSPS) is 12.0. The van der Waals surface area contributed by atoms with Crippen molar-refractivity contribution in [3.05, 3.63) is 40.9 Å². The third-order valence-corrected chi connectivity index (χ3v) is 3.95. The minimum Gasteiger partial charge on any atom is -0.467 e. The molecule has 0 saturated carbocycles. The monoisotopic (exact) mass is 313 g/mol. The molecule has 4 nitrogen and oxygen atoms in total. The number of rotatable bonds is 3. The fourth-order valence-electron chi connectivity index (χ4n) is 1.86. The van der Waals surface area contributed by atoms with E-state index < -0.39 is 12.0 Å². The molecule has 0 spiro atoms. The van der Waals surface area contributed by atoms with Crippen molar-refractivity contribution in [1.29, 1.82) is 0 Å². The summed E-state index contributed by atoms with van der Waals surface area (Å²) in [5.74, 6) is -0.358. The topological polar surface area (TPSA) is 51.0 Å². The van der Waals surface area contributed by atoms with Gasteiger partial charge in [-0.2, -0.15) is 13.2 Å². The summed E-state index contributed by atoms with van der Waals surface area (Å²) in [5, 5.41) is 4.64. The second-order valence-electron chi connectivity index (χ2n) is 4.42. The average molecular weight is 313 g/mol. The number of nitrogens with one attached hydrogen (secondary N) is 1. The first-order valence-corrected chi connectivity index (χ1v) is 6.92. The van der Waals surface area contributed by atoms with Gasteiger partial charge in [0.2, 0.25) is 5.82 Å². The van der Waals surface area contributed by atoms with E-state index in [9.17, 15) is 13.2 Å². The number of aryl methyl sites for hydroxylation is 1. The zero-order valence-electron chi connectivity index (χ0n) is 10.9. The van der Waals surface area contributed by atoms with Gasteiger partial charge in [-0.15, -0.1) is 11.3 Å². The Balaban J connectivity index is 2.03. The van der Waals surface area contributed by atoms with Crippen molar-refractivity contribution in [3.63, 3.8) is 0 Å². The van der Waals surface area contributed by atoms with E-state index in [1.807, 2.05) is 0 Å². The molecule has 21 heavy (non-hydrogen) atoms. The van der Waals surface area contributed by atoms with E-state index in [1.165, 1.54) is 17.6 Å². The molecule has 0 radical (unpaired) electrons. The second kappa shape index (κ2) is 5.03. The first kappa shape index (κ1) is 13.9. The lowest BCUT2D eigenvalue weighted by atomic mass is 10.3. The molecule has 0 saturated heterocycles. The molecule has 3 aromatic rings. The Labute approximate surface area is 121 Å². The predicted molar refractivity (Wildman–Crippen MR) is 73.2 cm³/mol. The van der Waals surface area contributed by atoms with Crippen LogP contribution in [-0.2, 0) is 12.7 Å². The maximum Gasteiger partial charge on any atom is 0.451 e. The number of hydrogen-bond donors (Lipinski definition) is 1. The first-order chi connectivity index (χ1) is 9.95. The number of fused-ring (bicyclic) bond motifs is 1. The Kier molecular flexibility index (Phi) is 3.32. The van der Waals surface area contributed by atoms with Gasteiger partial charge in [-0.25, -0.2) is 9.97 Å². The molecule has 0 unspecified atom stereocenters. The van der Waals surface area contributed by atoms with E-state index in [1.54, 1.807) is 24.4 Å². The molecule has 0 amide bonds. The van der Waals surface area contributed by atoms with Crippen molar-refractivity contribution in [3.8, 4) is 0 Å². The number of nitrogens with zero attached hydrogens (tertiary/aromatic N) is 2. The minimum absolute atomic E-state index is 0.168. The summed E-state index contributed by atoms with van der Waals surface area (Å²) in [6.07, 6.45) is -3.08. The van der Waals surface area contributed by atoms with Gasteiger partial charge in [0.05, 0.1) is 23.0 Å². The third-order valence-electron chi connectivity index (χ3n) is 2.86. The van der Waals surface area contributed by atoms with E-state index in [2.05, 4.69) is 15.3 Å². The number of alkyl halides is 3. The van der Waals surface area contributed by atoms with Crippen LogP contribution >= 0.6 is 11.3 Å².